The number of ether oxygens (including phenoxy) is 2. The number of esters is 2. The van der Waals surface area contributed by atoms with Gasteiger partial charge < -0.3 is 9.47 Å². The number of carbonyl (C=O) groups excluding carboxylic acids is 2. The SMILES string of the molecule is CCC(C)c1ccc2cc(OC(=O)CC(F)(F)F)ccc2c1.CCC(CC)(CC)OC(=O)C(C)(C)CC. The molecule has 4 nitrogen and oxygen atoms in total. The summed E-state index contributed by atoms with van der Waals surface area (Å²) in [5.74, 6) is -0.801. The molecule has 0 heterocycles. The molecule has 1 atom stereocenters. The molecule has 208 valence electrons. The average Bonchev–Trinajstić information content (AvgIpc) is 2.85. The Morgan fingerprint density at radius 2 is 1.38 bits per heavy atom. The molecule has 1 unspecified atom stereocenters. The molecule has 0 aromatic heterocycles. The van der Waals surface area contributed by atoms with Crippen molar-refractivity contribution in [3.8, 4) is 5.75 Å². The maximum atomic E-state index is 12.1. The zero-order valence-electron chi connectivity index (χ0n) is 23.6. The van der Waals surface area contributed by atoms with E-state index < -0.39 is 18.6 Å². The van der Waals surface area contributed by atoms with E-state index in [9.17, 15) is 22.8 Å². The van der Waals surface area contributed by atoms with Crippen LogP contribution in [-0.4, -0.2) is 23.7 Å². The number of hydrogen-bond acceptors (Lipinski definition) is 4. The van der Waals surface area contributed by atoms with Crippen LogP contribution in [0.5, 0.6) is 5.75 Å². The van der Waals surface area contributed by atoms with Crippen molar-refractivity contribution in [1.82, 2.24) is 0 Å². The van der Waals surface area contributed by atoms with E-state index in [0.29, 0.717) is 5.92 Å². The molecule has 2 aromatic rings. The first kappa shape index (κ1) is 32.5. The predicted molar refractivity (Wildman–Crippen MR) is 143 cm³/mol. The normalized spacial score (nSPS) is 12.9. The van der Waals surface area contributed by atoms with Gasteiger partial charge in [-0.1, -0.05) is 65.8 Å². The van der Waals surface area contributed by atoms with Gasteiger partial charge in [-0.05, 0) is 80.3 Å². The number of alkyl halides is 3. The Kier molecular flexibility index (Phi) is 12.1. The fourth-order valence-corrected chi connectivity index (χ4v) is 3.62. The van der Waals surface area contributed by atoms with Crippen LogP contribution in [0.15, 0.2) is 36.4 Å². The lowest BCUT2D eigenvalue weighted by Crippen LogP contribution is -2.38. The van der Waals surface area contributed by atoms with Crippen molar-refractivity contribution in [3.05, 3.63) is 42.0 Å². The van der Waals surface area contributed by atoms with Crippen LogP contribution >= 0.6 is 0 Å². The molecule has 0 radical (unpaired) electrons. The van der Waals surface area contributed by atoms with Crippen molar-refractivity contribution in [1.29, 1.82) is 0 Å². The van der Waals surface area contributed by atoms with Crippen LogP contribution in [0.1, 0.15) is 105 Å². The third kappa shape index (κ3) is 10.0. The van der Waals surface area contributed by atoms with Crippen molar-refractivity contribution < 1.29 is 32.2 Å². The lowest BCUT2D eigenvalue weighted by Gasteiger charge is -2.34. The minimum Gasteiger partial charge on any atom is -0.459 e. The Bertz CT molecular complexity index is 1010. The topological polar surface area (TPSA) is 52.6 Å². The average molecular weight is 525 g/mol. The van der Waals surface area contributed by atoms with Crippen LogP contribution < -0.4 is 4.74 Å². The van der Waals surface area contributed by atoms with Gasteiger partial charge >= 0.3 is 18.1 Å². The van der Waals surface area contributed by atoms with Gasteiger partial charge in [0.05, 0.1) is 5.41 Å². The Labute approximate surface area is 219 Å². The number of benzene rings is 2. The van der Waals surface area contributed by atoms with Crippen molar-refractivity contribution in [2.24, 2.45) is 5.41 Å². The summed E-state index contributed by atoms with van der Waals surface area (Å²) in [6.45, 7) is 16.4. The largest absolute Gasteiger partial charge is 0.459 e. The molecule has 0 aliphatic rings. The smallest absolute Gasteiger partial charge is 0.399 e. The van der Waals surface area contributed by atoms with Crippen LogP contribution in [-0.2, 0) is 14.3 Å². The number of halogens is 3. The molecule has 37 heavy (non-hydrogen) atoms. The van der Waals surface area contributed by atoms with Gasteiger partial charge in [0.25, 0.3) is 0 Å². The predicted octanol–water partition coefficient (Wildman–Crippen LogP) is 9.15. The molecular weight excluding hydrogens is 481 g/mol. The second-order valence-corrected chi connectivity index (χ2v) is 10.2. The highest BCUT2D eigenvalue weighted by molar-refractivity contribution is 5.85. The number of fused-ring (bicyclic) bond motifs is 1. The van der Waals surface area contributed by atoms with Gasteiger partial charge in [-0.15, -0.1) is 0 Å². The molecule has 0 bridgehead atoms. The summed E-state index contributed by atoms with van der Waals surface area (Å²) in [7, 11) is 0. The summed E-state index contributed by atoms with van der Waals surface area (Å²) >= 11 is 0. The van der Waals surface area contributed by atoms with E-state index >= 15 is 0 Å². The maximum Gasteiger partial charge on any atom is 0.399 e. The molecule has 0 amide bonds. The standard InChI is InChI=1S/C17H17F3O2.C13H26O2/c1-3-11(2)12-4-5-14-9-15(7-6-13(14)8-12)22-16(21)10-17(18,19)20;1-7-12(5,6)11(14)15-13(8-2,9-3)10-4/h4-9,11H,3,10H2,1-2H3;7-10H2,1-6H3. The maximum absolute atomic E-state index is 12.1. The summed E-state index contributed by atoms with van der Waals surface area (Å²) in [5.41, 5.74) is 0.602. The van der Waals surface area contributed by atoms with E-state index in [-0.39, 0.29) is 22.7 Å². The molecule has 0 N–H and O–H groups in total. The second kappa shape index (κ2) is 13.8. The first-order chi connectivity index (χ1) is 17.2. The Hall–Kier alpha value is -2.57. The van der Waals surface area contributed by atoms with E-state index in [4.69, 9.17) is 9.47 Å². The Morgan fingerprint density at radius 1 is 0.838 bits per heavy atom. The summed E-state index contributed by atoms with van der Waals surface area (Å²) in [5, 5.41) is 1.79. The summed E-state index contributed by atoms with van der Waals surface area (Å²) < 4.78 is 46.8. The lowest BCUT2D eigenvalue weighted by atomic mass is 9.88. The van der Waals surface area contributed by atoms with Gasteiger partial charge in [-0.3, -0.25) is 9.59 Å². The molecule has 2 rings (SSSR count). The third-order valence-electron chi connectivity index (χ3n) is 7.27. The highest BCUT2D eigenvalue weighted by atomic mass is 19.4. The van der Waals surface area contributed by atoms with Crippen molar-refractivity contribution in [3.63, 3.8) is 0 Å². The van der Waals surface area contributed by atoms with E-state index in [1.165, 1.54) is 11.6 Å². The van der Waals surface area contributed by atoms with E-state index in [0.717, 1.165) is 42.9 Å². The Balaban J connectivity index is 0.000000401. The number of carbonyl (C=O) groups is 2. The van der Waals surface area contributed by atoms with Crippen LogP contribution in [0.4, 0.5) is 13.2 Å². The van der Waals surface area contributed by atoms with Gasteiger partial charge in [0.2, 0.25) is 0 Å². The molecule has 0 saturated heterocycles. The monoisotopic (exact) mass is 524 g/mol. The van der Waals surface area contributed by atoms with Gasteiger partial charge in [0.15, 0.2) is 0 Å². The lowest BCUT2D eigenvalue weighted by molar-refractivity contribution is -0.172. The molecule has 2 aromatic carbocycles. The summed E-state index contributed by atoms with van der Waals surface area (Å²) in [6.07, 6.45) is -1.61. The zero-order valence-corrected chi connectivity index (χ0v) is 23.6. The number of hydrogen-bond donors (Lipinski definition) is 0. The molecule has 0 aliphatic carbocycles. The highest BCUT2D eigenvalue weighted by Crippen LogP contribution is 2.31. The number of rotatable bonds is 10. The van der Waals surface area contributed by atoms with Gasteiger partial charge in [-0.25, -0.2) is 0 Å². The minimum atomic E-state index is -4.56. The second-order valence-electron chi connectivity index (χ2n) is 10.2. The minimum absolute atomic E-state index is 0.0597. The fraction of sp³-hybridized carbons (Fsp3) is 0.600. The molecule has 0 fully saturated rings. The fourth-order valence-electron chi connectivity index (χ4n) is 3.62. The van der Waals surface area contributed by atoms with Crippen LogP contribution in [0.3, 0.4) is 0 Å². The highest BCUT2D eigenvalue weighted by Gasteiger charge is 2.35. The third-order valence-corrected chi connectivity index (χ3v) is 7.27. The Morgan fingerprint density at radius 3 is 1.86 bits per heavy atom. The summed E-state index contributed by atoms with van der Waals surface area (Å²) in [4.78, 5) is 23.2. The zero-order chi connectivity index (χ0) is 28.4. The van der Waals surface area contributed by atoms with Crippen molar-refractivity contribution >= 4 is 22.7 Å². The molecular formula is C30H43F3O4. The van der Waals surface area contributed by atoms with Crippen LogP contribution in [0, 0.1) is 5.41 Å². The first-order valence-corrected chi connectivity index (χ1v) is 13.2. The van der Waals surface area contributed by atoms with E-state index in [1.807, 2.05) is 39.0 Å². The quantitative estimate of drug-likeness (QED) is 0.230. The van der Waals surface area contributed by atoms with E-state index in [1.54, 1.807) is 12.1 Å². The van der Waals surface area contributed by atoms with Crippen molar-refractivity contribution in [2.75, 3.05) is 0 Å². The molecule has 0 saturated carbocycles. The van der Waals surface area contributed by atoms with Crippen LogP contribution in [0.25, 0.3) is 10.8 Å². The molecule has 0 aliphatic heterocycles. The molecule has 0 spiro atoms. The first-order valence-electron chi connectivity index (χ1n) is 13.2. The van der Waals surface area contributed by atoms with Gasteiger partial charge in [0.1, 0.15) is 17.8 Å². The van der Waals surface area contributed by atoms with Gasteiger partial charge in [-0.2, -0.15) is 13.2 Å². The van der Waals surface area contributed by atoms with Gasteiger partial charge in [0, 0.05) is 0 Å². The van der Waals surface area contributed by atoms with E-state index in [2.05, 4.69) is 34.6 Å². The van der Waals surface area contributed by atoms with Crippen LogP contribution in [0.2, 0.25) is 0 Å². The summed E-state index contributed by atoms with van der Waals surface area (Å²) in [6, 6.07) is 10.7. The van der Waals surface area contributed by atoms with Crippen molar-refractivity contribution in [2.45, 2.75) is 112 Å². The molecule has 7 heteroatoms.